The number of hydrogen-bond donors (Lipinski definition) is 1. The van der Waals surface area contributed by atoms with Crippen LogP contribution in [0.1, 0.15) is 42.5 Å². The van der Waals surface area contributed by atoms with Gasteiger partial charge in [-0.25, -0.2) is 9.37 Å². The number of nitrogens with zero attached hydrogens (tertiary/aromatic N) is 2. The van der Waals surface area contributed by atoms with E-state index >= 15 is 0 Å². The van der Waals surface area contributed by atoms with Crippen molar-refractivity contribution < 1.29 is 9.18 Å². The molecule has 0 aliphatic heterocycles. The first-order chi connectivity index (χ1) is 9.13. The van der Waals surface area contributed by atoms with Gasteiger partial charge in [-0.3, -0.25) is 4.79 Å². The summed E-state index contributed by atoms with van der Waals surface area (Å²) in [5, 5.41) is 2.84. The normalized spacial score (nSPS) is 16.2. The fourth-order valence-corrected chi connectivity index (χ4v) is 2.63. The SMILES string of the molecule is CNc1ncc(F)cc1C(=O)N(C)C1CCCCC1. The van der Waals surface area contributed by atoms with Crippen LogP contribution >= 0.6 is 0 Å². The third kappa shape index (κ3) is 3.03. The molecule has 1 aliphatic carbocycles. The number of hydrogen-bond acceptors (Lipinski definition) is 3. The smallest absolute Gasteiger partial charge is 0.257 e. The lowest BCUT2D eigenvalue weighted by atomic mass is 9.94. The standard InChI is InChI=1S/C14H20FN3O/c1-16-13-12(8-10(15)9-17-13)14(19)18(2)11-6-4-3-5-7-11/h8-9,11H,3-7H2,1-2H3,(H,16,17). The third-order valence-corrected chi connectivity index (χ3v) is 3.76. The summed E-state index contributed by atoms with van der Waals surface area (Å²) in [6, 6.07) is 1.51. The Bertz CT molecular complexity index is 458. The van der Waals surface area contributed by atoms with Crippen LogP contribution in [0, 0.1) is 5.82 Å². The Hall–Kier alpha value is -1.65. The Morgan fingerprint density at radius 3 is 2.74 bits per heavy atom. The molecule has 0 bridgehead atoms. The average Bonchev–Trinajstić information content (AvgIpc) is 2.46. The van der Waals surface area contributed by atoms with Gasteiger partial charge in [-0.05, 0) is 18.9 Å². The summed E-state index contributed by atoms with van der Waals surface area (Å²) >= 11 is 0. The van der Waals surface area contributed by atoms with E-state index in [1.807, 2.05) is 0 Å². The fourth-order valence-electron chi connectivity index (χ4n) is 2.63. The zero-order valence-corrected chi connectivity index (χ0v) is 11.4. The van der Waals surface area contributed by atoms with Crippen LogP contribution in [0.3, 0.4) is 0 Å². The topological polar surface area (TPSA) is 45.2 Å². The number of carbonyl (C=O) groups is 1. The first kappa shape index (κ1) is 13.8. The lowest BCUT2D eigenvalue weighted by Gasteiger charge is -2.31. The fraction of sp³-hybridized carbons (Fsp3) is 0.571. The highest BCUT2D eigenvalue weighted by atomic mass is 19.1. The highest BCUT2D eigenvalue weighted by molar-refractivity contribution is 5.98. The highest BCUT2D eigenvalue weighted by Gasteiger charge is 2.25. The van der Waals surface area contributed by atoms with Crippen molar-refractivity contribution in [3.63, 3.8) is 0 Å². The second-order valence-electron chi connectivity index (χ2n) is 5.01. The van der Waals surface area contributed by atoms with Crippen LogP contribution in [0.15, 0.2) is 12.3 Å². The molecule has 0 radical (unpaired) electrons. The molecular formula is C14H20FN3O. The molecule has 5 heteroatoms. The van der Waals surface area contributed by atoms with E-state index in [9.17, 15) is 9.18 Å². The molecule has 2 rings (SSSR count). The Morgan fingerprint density at radius 2 is 2.11 bits per heavy atom. The van der Waals surface area contributed by atoms with Gasteiger partial charge >= 0.3 is 0 Å². The quantitative estimate of drug-likeness (QED) is 0.914. The van der Waals surface area contributed by atoms with Crippen LogP contribution in [0.2, 0.25) is 0 Å². The zero-order valence-electron chi connectivity index (χ0n) is 11.4. The van der Waals surface area contributed by atoms with Gasteiger partial charge in [0.1, 0.15) is 11.6 Å². The maximum atomic E-state index is 13.3. The maximum absolute atomic E-state index is 13.3. The number of nitrogens with one attached hydrogen (secondary N) is 1. The average molecular weight is 265 g/mol. The Kier molecular flexibility index (Phi) is 4.35. The molecule has 0 spiro atoms. The molecule has 1 aromatic rings. The van der Waals surface area contributed by atoms with Crippen molar-refractivity contribution in [2.45, 2.75) is 38.1 Å². The Morgan fingerprint density at radius 1 is 1.42 bits per heavy atom. The molecule has 0 saturated heterocycles. The number of anilines is 1. The van der Waals surface area contributed by atoms with Gasteiger partial charge in [0.2, 0.25) is 0 Å². The van der Waals surface area contributed by atoms with Gasteiger partial charge in [0.25, 0.3) is 5.91 Å². The number of rotatable bonds is 3. The summed E-state index contributed by atoms with van der Waals surface area (Å²) in [6.45, 7) is 0. The molecule has 1 aromatic heterocycles. The van der Waals surface area contributed by atoms with E-state index in [0.29, 0.717) is 11.4 Å². The molecule has 1 amide bonds. The van der Waals surface area contributed by atoms with Crippen LogP contribution < -0.4 is 5.32 Å². The van der Waals surface area contributed by atoms with Crippen LogP contribution in [0.25, 0.3) is 0 Å². The van der Waals surface area contributed by atoms with E-state index in [1.165, 1.54) is 12.5 Å². The van der Waals surface area contributed by atoms with Crippen molar-refractivity contribution in [2.24, 2.45) is 0 Å². The third-order valence-electron chi connectivity index (χ3n) is 3.76. The molecule has 0 aromatic carbocycles. The monoisotopic (exact) mass is 265 g/mol. The minimum atomic E-state index is -0.487. The molecule has 1 N–H and O–H groups in total. The molecule has 4 nitrogen and oxygen atoms in total. The molecule has 1 heterocycles. The van der Waals surface area contributed by atoms with Gasteiger partial charge in [0, 0.05) is 20.1 Å². The second-order valence-corrected chi connectivity index (χ2v) is 5.01. The summed E-state index contributed by atoms with van der Waals surface area (Å²) in [7, 11) is 3.47. The van der Waals surface area contributed by atoms with Crippen molar-refractivity contribution >= 4 is 11.7 Å². The Labute approximate surface area is 113 Å². The minimum Gasteiger partial charge on any atom is -0.372 e. The number of amides is 1. The predicted octanol–water partition coefficient (Wildman–Crippen LogP) is 2.67. The van der Waals surface area contributed by atoms with E-state index in [2.05, 4.69) is 10.3 Å². The van der Waals surface area contributed by atoms with Gasteiger partial charge in [-0.2, -0.15) is 0 Å². The summed E-state index contributed by atoms with van der Waals surface area (Å²) in [4.78, 5) is 18.1. The largest absolute Gasteiger partial charge is 0.372 e. The summed E-state index contributed by atoms with van der Waals surface area (Å²) in [5.74, 6) is -0.225. The van der Waals surface area contributed by atoms with Gasteiger partial charge in [0.05, 0.1) is 11.8 Å². The zero-order chi connectivity index (χ0) is 13.8. The van der Waals surface area contributed by atoms with Gasteiger partial charge in [-0.1, -0.05) is 19.3 Å². The van der Waals surface area contributed by atoms with E-state index in [1.54, 1.807) is 19.0 Å². The van der Waals surface area contributed by atoms with Crippen molar-refractivity contribution in [2.75, 3.05) is 19.4 Å². The lowest BCUT2D eigenvalue weighted by molar-refractivity contribution is 0.0696. The molecule has 1 aliphatic rings. The number of pyridine rings is 1. The lowest BCUT2D eigenvalue weighted by Crippen LogP contribution is -2.38. The number of aromatic nitrogens is 1. The predicted molar refractivity (Wildman–Crippen MR) is 72.7 cm³/mol. The first-order valence-electron chi connectivity index (χ1n) is 6.74. The molecular weight excluding hydrogens is 245 g/mol. The van der Waals surface area contributed by atoms with Crippen molar-refractivity contribution in [1.29, 1.82) is 0 Å². The van der Waals surface area contributed by atoms with Gasteiger partial charge in [0.15, 0.2) is 0 Å². The number of halogens is 1. The molecule has 1 saturated carbocycles. The summed E-state index contributed by atoms with van der Waals surface area (Å²) in [5.41, 5.74) is 0.301. The number of carbonyl (C=O) groups excluding carboxylic acids is 1. The molecule has 0 unspecified atom stereocenters. The van der Waals surface area contributed by atoms with Crippen LogP contribution in [0.4, 0.5) is 10.2 Å². The van der Waals surface area contributed by atoms with Crippen LogP contribution in [-0.4, -0.2) is 35.9 Å². The highest BCUT2D eigenvalue weighted by Crippen LogP contribution is 2.24. The Balaban J connectivity index is 2.20. The van der Waals surface area contributed by atoms with Crippen molar-refractivity contribution in [1.82, 2.24) is 9.88 Å². The maximum Gasteiger partial charge on any atom is 0.257 e. The first-order valence-corrected chi connectivity index (χ1v) is 6.74. The van der Waals surface area contributed by atoms with Crippen LogP contribution in [0.5, 0.6) is 0 Å². The minimum absolute atomic E-state index is 0.164. The van der Waals surface area contributed by atoms with E-state index in [0.717, 1.165) is 31.9 Å². The van der Waals surface area contributed by atoms with E-state index in [4.69, 9.17) is 0 Å². The van der Waals surface area contributed by atoms with Crippen LogP contribution in [-0.2, 0) is 0 Å². The summed E-state index contributed by atoms with van der Waals surface area (Å²) < 4.78 is 13.3. The van der Waals surface area contributed by atoms with E-state index in [-0.39, 0.29) is 11.9 Å². The van der Waals surface area contributed by atoms with E-state index < -0.39 is 5.82 Å². The second kappa shape index (κ2) is 5.99. The molecule has 0 atom stereocenters. The summed E-state index contributed by atoms with van der Waals surface area (Å²) in [6.07, 6.45) is 6.72. The molecule has 1 fully saturated rings. The van der Waals surface area contributed by atoms with Gasteiger partial charge in [-0.15, -0.1) is 0 Å². The molecule has 104 valence electrons. The van der Waals surface area contributed by atoms with Crippen molar-refractivity contribution in [3.8, 4) is 0 Å². The molecule has 19 heavy (non-hydrogen) atoms. The van der Waals surface area contributed by atoms with Crippen molar-refractivity contribution in [3.05, 3.63) is 23.6 Å². The van der Waals surface area contributed by atoms with Gasteiger partial charge < -0.3 is 10.2 Å².